The molecule has 1 saturated heterocycles. The molecule has 0 unspecified atom stereocenters. The normalized spacial score (nSPS) is 15.5. The van der Waals surface area contributed by atoms with Crippen LogP contribution in [0, 0.1) is 0 Å². The average Bonchev–Trinajstić information content (AvgIpc) is 3.37. The summed E-state index contributed by atoms with van der Waals surface area (Å²) < 4.78 is 4.61. The molecule has 4 heteroatoms. The third-order valence-corrected chi connectivity index (χ3v) is 5.27. The lowest BCUT2D eigenvalue weighted by molar-refractivity contribution is 0.325. The number of hydrogen-bond donors (Lipinski definition) is 0. The van der Waals surface area contributed by atoms with Crippen LogP contribution in [-0.2, 0) is 6.54 Å². The maximum Gasteiger partial charge on any atom is 0.215 e. The van der Waals surface area contributed by atoms with Crippen LogP contribution in [0.1, 0.15) is 12.8 Å². The van der Waals surface area contributed by atoms with Crippen LogP contribution in [0.2, 0.25) is 0 Å². The Morgan fingerprint density at radius 1 is 0.800 bits per heavy atom. The standard InChI is InChI=1S/C21H22N4/c1-2-8-17(9-3-1)18-16-25-20-11-5-4-10-19(20)24(21(25)22-18)15-14-23-12-6-7-13-23/h1-5,8-11,16H,6-7,12-15H2. The van der Waals surface area contributed by atoms with Gasteiger partial charge < -0.3 is 9.47 Å². The van der Waals surface area contributed by atoms with Gasteiger partial charge in [0.1, 0.15) is 0 Å². The fourth-order valence-electron chi connectivity index (χ4n) is 3.96. The Morgan fingerprint density at radius 2 is 1.52 bits per heavy atom. The van der Waals surface area contributed by atoms with Gasteiger partial charge in [0.2, 0.25) is 5.78 Å². The van der Waals surface area contributed by atoms with Crippen molar-refractivity contribution in [1.29, 1.82) is 0 Å². The third kappa shape index (κ3) is 2.53. The van der Waals surface area contributed by atoms with Gasteiger partial charge in [-0.3, -0.25) is 4.40 Å². The van der Waals surface area contributed by atoms with Crippen molar-refractivity contribution < 1.29 is 0 Å². The largest absolute Gasteiger partial charge is 0.308 e. The molecule has 1 fully saturated rings. The second-order valence-electron chi connectivity index (χ2n) is 6.85. The highest BCUT2D eigenvalue weighted by Gasteiger charge is 2.16. The summed E-state index contributed by atoms with van der Waals surface area (Å²) in [5.74, 6) is 1.04. The molecule has 1 aliphatic heterocycles. The average molecular weight is 330 g/mol. The van der Waals surface area contributed by atoms with Crippen molar-refractivity contribution in [3.63, 3.8) is 0 Å². The van der Waals surface area contributed by atoms with Crippen LogP contribution < -0.4 is 0 Å². The molecule has 4 nitrogen and oxygen atoms in total. The summed E-state index contributed by atoms with van der Waals surface area (Å²) >= 11 is 0. The van der Waals surface area contributed by atoms with Crippen LogP contribution in [-0.4, -0.2) is 38.5 Å². The predicted molar refractivity (Wildman–Crippen MR) is 102 cm³/mol. The van der Waals surface area contributed by atoms with E-state index in [4.69, 9.17) is 4.98 Å². The summed E-state index contributed by atoms with van der Waals surface area (Å²) in [6, 6.07) is 19.0. The first kappa shape index (κ1) is 14.7. The molecule has 0 aliphatic carbocycles. The molecule has 4 aromatic rings. The van der Waals surface area contributed by atoms with Crippen molar-refractivity contribution in [2.45, 2.75) is 19.4 Å². The van der Waals surface area contributed by atoms with E-state index < -0.39 is 0 Å². The van der Waals surface area contributed by atoms with Crippen LogP contribution in [0.3, 0.4) is 0 Å². The number of likely N-dealkylation sites (tertiary alicyclic amines) is 1. The first-order valence-electron chi connectivity index (χ1n) is 9.14. The van der Waals surface area contributed by atoms with E-state index in [1.54, 1.807) is 0 Å². The summed E-state index contributed by atoms with van der Waals surface area (Å²) in [7, 11) is 0. The molecule has 0 amide bonds. The number of hydrogen-bond acceptors (Lipinski definition) is 2. The molecule has 0 saturated carbocycles. The fraction of sp³-hybridized carbons (Fsp3) is 0.286. The molecule has 0 atom stereocenters. The van der Waals surface area contributed by atoms with Crippen LogP contribution in [0.25, 0.3) is 28.1 Å². The van der Waals surface area contributed by atoms with Gasteiger partial charge in [-0.05, 0) is 38.1 Å². The Balaban J connectivity index is 1.61. The number of para-hydroxylation sites is 2. The van der Waals surface area contributed by atoms with Crippen LogP contribution in [0.4, 0.5) is 0 Å². The zero-order valence-electron chi connectivity index (χ0n) is 14.3. The molecule has 2 aromatic carbocycles. The van der Waals surface area contributed by atoms with E-state index in [0.29, 0.717) is 0 Å². The topological polar surface area (TPSA) is 25.5 Å². The van der Waals surface area contributed by atoms with Gasteiger partial charge in [-0.1, -0.05) is 42.5 Å². The number of nitrogens with zero attached hydrogens (tertiary/aromatic N) is 4. The Labute approximate surface area is 147 Å². The van der Waals surface area contributed by atoms with Crippen molar-refractivity contribution in [2.75, 3.05) is 19.6 Å². The van der Waals surface area contributed by atoms with E-state index in [1.165, 1.54) is 42.5 Å². The van der Waals surface area contributed by atoms with Gasteiger partial charge in [0, 0.05) is 24.8 Å². The first-order chi connectivity index (χ1) is 12.4. The molecular formula is C21H22N4. The summed E-state index contributed by atoms with van der Waals surface area (Å²) in [5.41, 5.74) is 4.70. The lowest BCUT2D eigenvalue weighted by atomic mass is 10.2. The molecule has 1 aliphatic rings. The van der Waals surface area contributed by atoms with E-state index in [-0.39, 0.29) is 0 Å². The van der Waals surface area contributed by atoms with E-state index in [0.717, 1.165) is 24.6 Å². The zero-order chi connectivity index (χ0) is 16.6. The summed E-state index contributed by atoms with van der Waals surface area (Å²) in [6.07, 6.45) is 4.84. The summed E-state index contributed by atoms with van der Waals surface area (Å²) in [5, 5.41) is 0. The molecule has 0 spiro atoms. The summed E-state index contributed by atoms with van der Waals surface area (Å²) in [6.45, 7) is 4.56. The monoisotopic (exact) mass is 330 g/mol. The van der Waals surface area contributed by atoms with Crippen molar-refractivity contribution >= 4 is 16.8 Å². The highest BCUT2D eigenvalue weighted by Crippen LogP contribution is 2.25. The number of fused-ring (bicyclic) bond motifs is 3. The van der Waals surface area contributed by atoms with Gasteiger partial charge in [-0.25, -0.2) is 4.98 Å². The Kier molecular flexibility index (Phi) is 3.56. The minimum atomic E-state index is 0.988. The maximum absolute atomic E-state index is 4.97. The number of rotatable bonds is 4. The SMILES string of the molecule is c1ccc(-c2cn3c4ccccc4n(CCN4CCCC4)c3n2)cc1. The number of benzene rings is 2. The van der Waals surface area contributed by atoms with Gasteiger partial charge in [0.25, 0.3) is 0 Å². The highest BCUT2D eigenvalue weighted by atomic mass is 15.2. The van der Waals surface area contributed by atoms with E-state index in [1.807, 2.05) is 6.07 Å². The van der Waals surface area contributed by atoms with Crippen LogP contribution >= 0.6 is 0 Å². The molecule has 2 aromatic heterocycles. The van der Waals surface area contributed by atoms with Gasteiger partial charge in [0.05, 0.1) is 16.7 Å². The Morgan fingerprint density at radius 3 is 2.32 bits per heavy atom. The molecule has 5 rings (SSSR count). The molecule has 25 heavy (non-hydrogen) atoms. The van der Waals surface area contributed by atoms with Crippen molar-refractivity contribution in [1.82, 2.24) is 18.9 Å². The van der Waals surface area contributed by atoms with Gasteiger partial charge in [-0.2, -0.15) is 0 Å². The van der Waals surface area contributed by atoms with E-state index in [2.05, 4.69) is 68.6 Å². The molecular weight excluding hydrogens is 308 g/mol. The van der Waals surface area contributed by atoms with Gasteiger partial charge >= 0.3 is 0 Å². The maximum atomic E-state index is 4.97. The molecule has 0 radical (unpaired) electrons. The van der Waals surface area contributed by atoms with E-state index >= 15 is 0 Å². The predicted octanol–water partition coefficient (Wildman–Crippen LogP) is 4.05. The minimum Gasteiger partial charge on any atom is -0.308 e. The Bertz CT molecular complexity index is 1010. The molecule has 0 bridgehead atoms. The smallest absolute Gasteiger partial charge is 0.215 e. The van der Waals surface area contributed by atoms with Gasteiger partial charge in [-0.15, -0.1) is 0 Å². The van der Waals surface area contributed by atoms with Crippen molar-refractivity contribution in [3.8, 4) is 11.3 Å². The minimum absolute atomic E-state index is 0.988. The molecule has 126 valence electrons. The summed E-state index contributed by atoms with van der Waals surface area (Å²) in [4.78, 5) is 7.53. The lowest BCUT2D eigenvalue weighted by Gasteiger charge is -2.15. The highest BCUT2D eigenvalue weighted by molar-refractivity contribution is 5.82. The van der Waals surface area contributed by atoms with Crippen molar-refractivity contribution in [2.24, 2.45) is 0 Å². The van der Waals surface area contributed by atoms with E-state index in [9.17, 15) is 0 Å². The van der Waals surface area contributed by atoms with Crippen LogP contribution in [0.5, 0.6) is 0 Å². The quantitative estimate of drug-likeness (QED) is 0.564. The lowest BCUT2D eigenvalue weighted by Crippen LogP contribution is -2.24. The number of aromatic nitrogens is 3. The van der Waals surface area contributed by atoms with Gasteiger partial charge in [0.15, 0.2) is 0 Å². The first-order valence-corrected chi connectivity index (χ1v) is 9.14. The third-order valence-electron chi connectivity index (χ3n) is 5.27. The molecule has 3 heterocycles. The van der Waals surface area contributed by atoms with Crippen molar-refractivity contribution in [3.05, 3.63) is 60.8 Å². The fourth-order valence-corrected chi connectivity index (χ4v) is 3.96. The number of imidazole rings is 2. The Hall–Kier alpha value is -2.59. The van der Waals surface area contributed by atoms with Crippen LogP contribution in [0.15, 0.2) is 60.8 Å². The zero-order valence-corrected chi connectivity index (χ0v) is 14.3. The second-order valence-corrected chi connectivity index (χ2v) is 6.85. The second kappa shape index (κ2) is 6.05. The molecule has 0 N–H and O–H groups in total.